The molecule has 0 aromatic rings. The molecular weight excluding hydrogens is 303 g/mol. The molecule has 23 heavy (non-hydrogen) atoms. The fourth-order valence-electron chi connectivity index (χ4n) is 3.34. The summed E-state index contributed by atoms with van der Waals surface area (Å²) in [6, 6.07) is 0. The van der Waals surface area contributed by atoms with Gasteiger partial charge < -0.3 is 9.57 Å². The van der Waals surface area contributed by atoms with Crippen LogP contribution in [0, 0.1) is 17.8 Å². The van der Waals surface area contributed by atoms with E-state index in [1.165, 1.54) is 39.3 Å². The van der Waals surface area contributed by atoms with Gasteiger partial charge in [0.1, 0.15) is 8.37 Å². The Hall–Kier alpha value is -0.310. The fraction of sp³-hybridized carbons (Fsp3) is 0.889. The lowest BCUT2D eigenvalue weighted by Gasteiger charge is -2.50. The third kappa shape index (κ3) is 5.62. The summed E-state index contributed by atoms with van der Waals surface area (Å²) in [7, 11) is -0.379. The van der Waals surface area contributed by atoms with Gasteiger partial charge >= 0.3 is 0 Å². The van der Waals surface area contributed by atoms with Crippen molar-refractivity contribution in [1.29, 1.82) is 0 Å². The summed E-state index contributed by atoms with van der Waals surface area (Å²) in [5.74, 6) is 2.13. The smallest absolute Gasteiger partial charge is 0.148 e. The molecule has 0 N–H and O–H groups in total. The van der Waals surface area contributed by atoms with Gasteiger partial charge in [-0.3, -0.25) is 9.34 Å². The maximum atomic E-state index is 2.78. The Morgan fingerprint density at radius 2 is 1.17 bits per heavy atom. The van der Waals surface area contributed by atoms with Crippen LogP contribution in [0.25, 0.3) is 0 Å². The minimum absolute atomic E-state index is 0.379. The lowest BCUT2D eigenvalue weighted by Crippen LogP contribution is -2.48. The van der Waals surface area contributed by atoms with Crippen LogP contribution in [0.15, 0.2) is 12.4 Å². The quantitative estimate of drug-likeness (QED) is 0.680. The largest absolute Gasteiger partial charge is 0.374 e. The first kappa shape index (κ1) is 19.0. The molecule has 2 bridgehead atoms. The fourth-order valence-corrected chi connectivity index (χ4v) is 6.48. The normalized spacial score (nSPS) is 21.6. The first-order valence-corrected chi connectivity index (χ1v) is 10.6. The van der Waals surface area contributed by atoms with E-state index in [4.69, 9.17) is 0 Å². The number of rotatable bonds is 6. The zero-order valence-electron chi connectivity index (χ0n) is 16.1. The van der Waals surface area contributed by atoms with Crippen LogP contribution in [0.3, 0.4) is 0 Å². The second-order valence-corrected chi connectivity index (χ2v) is 10.4. The van der Waals surface area contributed by atoms with Gasteiger partial charge in [0, 0.05) is 58.2 Å². The van der Waals surface area contributed by atoms with Gasteiger partial charge in [0.2, 0.25) is 0 Å². The van der Waals surface area contributed by atoms with E-state index in [1.54, 1.807) is 0 Å². The first-order chi connectivity index (χ1) is 10.9. The monoisotopic (exact) mass is 340 g/mol. The van der Waals surface area contributed by atoms with Crippen molar-refractivity contribution in [3.63, 3.8) is 0 Å². The van der Waals surface area contributed by atoms with E-state index in [0.29, 0.717) is 5.92 Å². The summed E-state index contributed by atoms with van der Waals surface area (Å²) in [5.41, 5.74) is 0. The third-order valence-corrected chi connectivity index (χ3v) is 6.67. The van der Waals surface area contributed by atoms with Crippen molar-refractivity contribution >= 4 is 8.37 Å². The molecule has 3 aliphatic heterocycles. The average Bonchev–Trinajstić information content (AvgIpc) is 2.38. The van der Waals surface area contributed by atoms with Gasteiger partial charge in [0.25, 0.3) is 0 Å². The van der Waals surface area contributed by atoms with E-state index in [0.717, 1.165) is 18.4 Å². The molecule has 0 amide bonds. The number of hydrogen-bond donors (Lipinski definition) is 0. The van der Waals surface area contributed by atoms with Crippen molar-refractivity contribution in [3.8, 4) is 0 Å². The predicted octanol–water partition coefficient (Wildman–Crippen LogP) is 3.89. The number of nitrogens with zero attached hydrogens (tertiary/aromatic N) is 4. The van der Waals surface area contributed by atoms with Crippen LogP contribution in [0.1, 0.15) is 41.5 Å². The molecule has 0 radical (unpaired) electrons. The minimum Gasteiger partial charge on any atom is -0.374 e. The highest BCUT2D eigenvalue weighted by Crippen LogP contribution is 2.50. The molecule has 0 aromatic carbocycles. The zero-order valence-corrected chi connectivity index (χ0v) is 17.0. The summed E-state index contributed by atoms with van der Waals surface area (Å²) in [4.78, 5) is 2.51. The lowest BCUT2D eigenvalue weighted by molar-refractivity contribution is 0.218. The van der Waals surface area contributed by atoms with Crippen LogP contribution in [-0.4, -0.2) is 64.7 Å². The molecule has 0 aromatic heterocycles. The standard InChI is InChI=1S/C18H37N4P/c1-16(2)13-20-10-7-19-8-11-21(14-17(3)4)23(20)22(12-9-19)15-18(5)6/h7,10,16-18H,8-9,11-15H2,1-6H3. The molecule has 1 saturated heterocycles. The van der Waals surface area contributed by atoms with E-state index in [1.807, 2.05) is 0 Å². The van der Waals surface area contributed by atoms with Gasteiger partial charge in [-0.2, -0.15) is 0 Å². The SMILES string of the molecule is CC(C)CN1C=CN2CCN(CC(C)C)P1N(CC(C)C)CC2. The highest BCUT2D eigenvalue weighted by molar-refractivity contribution is 7.50. The van der Waals surface area contributed by atoms with E-state index < -0.39 is 0 Å². The van der Waals surface area contributed by atoms with Crippen LogP contribution in [-0.2, 0) is 0 Å². The summed E-state index contributed by atoms with van der Waals surface area (Å²) >= 11 is 0. The molecule has 0 atom stereocenters. The third-order valence-electron chi connectivity index (χ3n) is 4.18. The van der Waals surface area contributed by atoms with Crippen LogP contribution in [0.2, 0.25) is 0 Å². The zero-order chi connectivity index (χ0) is 17.0. The van der Waals surface area contributed by atoms with E-state index in [2.05, 4.69) is 72.9 Å². The highest BCUT2D eigenvalue weighted by Gasteiger charge is 2.34. The molecule has 1 fully saturated rings. The van der Waals surface area contributed by atoms with Crippen molar-refractivity contribution < 1.29 is 0 Å². The van der Waals surface area contributed by atoms with Gasteiger partial charge in [0.15, 0.2) is 0 Å². The van der Waals surface area contributed by atoms with Gasteiger partial charge in [-0.05, 0) is 17.8 Å². The Balaban J connectivity index is 2.31. The number of fused-ring (bicyclic) bond motifs is 5. The molecule has 0 aliphatic carbocycles. The Morgan fingerprint density at radius 3 is 1.61 bits per heavy atom. The molecule has 0 unspecified atom stereocenters. The van der Waals surface area contributed by atoms with Crippen LogP contribution in [0.4, 0.5) is 0 Å². The van der Waals surface area contributed by atoms with Crippen LogP contribution in [0.5, 0.6) is 0 Å². The second-order valence-electron chi connectivity index (χ2n) is 8.23. The van der Waals surface area contributed by atoms with Gasteiger partial charge in [-0.15, -0.1) is 0 Å². The molecule has 5 heteroatoms. The maximum absolute atomic E-state index is 2.78. The molecular formula is C18H37N4P. The molecule has 134 valence electrons. The summed E-state index contributed by atoms with van der Waals surface area (Å²) < 4.78 is 8.21. The molecule has 0 saturated carbocycles. The minimum atomic E-state index is -0.379. The predicted molar refractivity (Wildman–Crippen MR) is 102 cm³/mol. The Morgan fingerprint density at radius 1 is 0.696 bits per heavy atom. The first-order valence-electron chi connectivity index (χ1n) is 9.35. The van der Waals surface area contributed by atoms with Crippen molar-refractivity contribution in [2.45, 2.75) is 41.5 Å². The topological polar surface area (TPSA) is 13.0 Å². The Kier molecular flexibility index (Phi) is 7.19. The number of hydrogen-bond acceptors (Lipinski definition) is 4. The van der Waals surface area contributed by atoms with Crippen molar-refractivity contribution in [2.24, 2.45) is 17.8 Å². The summed E-state index contributed by atoms with van der Waals surface area (Å²) in [5, 5.41) is 0. The molecule has 3 rings (SSSR count). The van der Waals surface area contributed by atoms with Gasteiger partial charge in [-0.1, -0.05) is 41.5 Å². The molecule has 3 heterocycles. The van der Waals surface area contributed by atoms with Crippen LogP contribution < -0.4 is 0 Å². The average molecular weight is 340 g/mol. The van der Waals surface area contributed by atoms with Gasteiger partial charge in [-0.25, -0.2) is 0 Å². The molecule has 4 nitrogen and oxygen atoms in total. The van der Waals surface area contributed by atoms with E-state index in [-0.39, 0.29) is 8.37 Å². The van der Waals surface area contributed by atoms with Crippen molar-refractivity contribution in [3.05, 3.63) is 12.4 Å². The highest BCUT2D eigenvalue weighted by atomic mass is 31.2. The Bertz CT molecular complexity index is 361. The van der Waals surface area contributed by atoms with Crippen molar-refractivity contribution in [1.82, 2.24) is 18.9 Å². The summed E-state index contributed by atoms with van der Waals surface area (Å²) in [6.07, 6.45) is 4.72. The van der Waals surface area contributed by atoms with Gasteiger partial charge in [0.05, 0.1) is 0 Å². The maximum Gasteiger partial charge on any atom is 0.148 e. The van der Waals surface area contributed by atoms with Crippen LogP contribution >= 0.6 is 8.37 Å². The van der Waals surface area contributed by atoms with E-state index >= 15 is 0 Å². The van der Waals surface area contributed by atoms with E-state index in [9.17, 15) is 0 Å². The lowest BCUT2D eigenvalue weighted by atomic mass is 10.2. The molecule has 0 spiro atoms. The van der Waals surface area contributed by atoms with Crippen molar-refractivity contribution in [2.75, 3.05) is 45.8 Å². The Labute approximate surface area is 145 Å². The molecule has 3 aliphatic rings. The second kappa shape index (κ2) is 8.69. The summed E-state index contributed by atoms with van der Waals surface area (Å²) in [6.45, 7) is 22.4.